The number of amides is 1. The van der Waals surface area contributed by atoms with Gasteiger partial charge in [0.1, 0.15) is 0 Å². The number of aromatic nitrogens is 4. The maximum absolute atomic E-state index is 12.6. The van der Waals surface area contributed by atoms with E-state index in [1.807, 2.05) is 27.8 Å². The Hall–Kier alpha value is -1.84. The summed E-state index contributed by atoms with van der Waals surface area (Å²) in [6, 6.07) is 8.73. The lowest BCUT2D eigenvalue weighted by atomic mass is 10.0. The highest BCUT2D eigenvalue weighted by Gasteiger charge is 2.20. The van der Waals surface area contributed by atoms with Crippen molar-refractivity contribution >= 4 is 46.5 Å². The summed E-state index contributed by atoms with van der Waals surface area (Å²) < 4.78 is 3.49. The second kappa shape index (κ2) is 9.98. The molecule has 0 aliphatic heterocycles. The fourth-order valence-electron chi connectivity index (χ4n) is 2.83. The normalized spacial score (nSPS) is 12.4. The van der Waals surface area contributed by atoms with Gasteiger partial charge in [0.15, 0.2) is 8.68 Å². The summed E-state index contributed by atoms with van der Waals surface area (Å²) >= 11 is 4.63. The Kier molecular flexibility index (Phi) is 7.60. The van der Waals surface area contributed by atoms with Crippen LogP contribution in [0.2, 0.25) is 0 Å². The van der Waals surface area contributed by atoms with Crippen LogP contribution in [0.25, 0.3) is 0 Å². The molecule has 3 rings (SSSR count). The number of nitrogens with zero attached hydrogens (tertiary/aromatic N) is 4. The van der Waals surface area contributed by atoms with E-state index in [0.29, 0.717) is 5.92 Å². The van der Waals surface area contributed by atoms with E-state index in [0.717, 1.165) is 31.5 Å². The smallest absolute Gasteiger partial charge is 0.237 e. The monoisotopic (exact) mass is 461 g/mol. The van der Waals surface area contributed by atoms with Crippen LogP contribution in [0.4, 0.5) is 5.69 Å². The van der Waals surface area contributed by atoms with E-state index >= 15 is 0 Å². The molecule has 0 saturated carbocycles. The zero-order chi connectivity index (χ0) is 21.8. The highest BCUT2D eigenvalue weighted by molar-refractivity contribution is 8.03. The molecule has 3 aromatic rings. The third-order valence-electron chi connectivity index (χ3n) is 4.80. The largest absolute Gasteiger partial charge is 0.322 e. The van der Waals surface area contributed by atoms with Crippen LogP contribution >= 0.6 is 34.9 Å². The van der Waals surface area contributed by atoms with Gasteiger partial charge in [-0.05, 0) is 37.8 Å². The predicted octanol–water partition coefficient (Wildman–Crippen LogP) is 5.42. The van der Waals surface area contributed by atoms with Crippen LogP contribution in [0.15, 0.2) is 32.9 Å². The molecule has 0 spiro atoms. The van der Waals surface area contributed by atoms with Crippen LogP contribution < -0.4 is 5.32 Å². The fourth-order valence-corrected chi connectivity index (χ4v) is 5.95. The van der Waals surface area contributed by atoms with Gasteiger partial charge in [-0.15, -0.1) is 10.2 Å². The first-order chi connectivity index (χ1) is 14.2. The Morgan fingerprint density at radius 1 is 1.13 bits per heavy atom. The maximum atomic E-state index is 12.6. The number of hydrogen-bond acceptors (Lipinski definition) is 7. The molecule has 6 nitrogen and oxygen atoms in total. The predicted molar refractivity (Wildman–Crippen MR) is 127 cm³/mol. The van der Waals surface area contributed by atoms with Crippen LogP contribution in [0, 0.1) is 13.8 Å². The molecule has 0 radical (unpaired) electrons. The zero-order valence-corrected chi connectivity index (χ0v) is 20.5. The average Bonchev–Trinajstić information content (AvgIpc) is 3.25. The van der Waals surface area contributed by atoms with Gasteiger partial charge in [0, 0.05) is 12.8 Å². The van der Waals surface area contributed by atoms with Gasteiger partial charge in [0.2, 0.25) is 5.91 Å². The van der Waals surface area contributed by atoms with Crippen LogP contribution in [-0.2, 0) is 17.6 Å². The number of aryl methyl sites for hydroxylation is 2. The molecule has 160 valence electrons. The van der Waals surface area contributed by atoms with Crippen molar-refractivity contribution in [3.8, 4) is 0 Å². The van der Waals surface area contributed by atoms with Crippen molar-refractivity contribution in [3.63, 3.8) is 0 Å². The summed E-state index contributed by atoms with van der Waals surface area (Å²) in [7, 11) is 1.87. The molecular weight excluding hydrogens is 434 g/mol. The lowest BCUT2D eigenvalue weighted by molar-refractivity contribution is -0.115. The molecule has 2 aromatic heterocycles. The molecule has 1 N–H and O–H groups in total. The Morgan fingerprint density at radius 2 is 1.80 bits per heavy atom. The van der Waals surface area contributed by atoms with E-state index in [2.05, 4.69) is 58.7 Å². The average molecular weight is 462 g/mol. The van der Waals surface area contributed by atoms with Crippen LogP contribution in [0.5, 0.6) is 0 Å². The SMILES string of the molecule is Cc1nn(C)c(C)c1NC(=O)C(C)Sc1nnc(SCc2ccc(C(C)C)cc2)s1. The lowest BCUT2D eigenvalue weighted by Crippen LogP contribution is -2.23. The van der Waals surface area contributed by atoms with Crippen molar-refractivity contribution in [2.24, 2.45) is 7.05 Å². The quantitative estimate of drug-likeness (QED) is 0.451. The number of rotatable bonds is 8. The number of thioether (sulfide) groups is 2. The number of nitrogens with one attached hydrogen (secondary N) is 1. The van der Waals surface area contributed by atoms with Crippen molar-refractivity contribution in [3.05, 3.63) is 46.8 Å². The summed E-state index contributed by atoms with van der Waals surface area (Å²) in [5.74, 6) is 1.33. The fraction of sp³-hybridized carbons (Fsp3) is 0.429. The van der Waals surface area contributed by atoms with Crippen molar-refractivity contribution < 1.29 is 4.79 Å². The minimum absolute atomic E-state index is 0.0613. The first-order valence-electron chi connectivity index (χ1n) is 9.77. The summed E-state index contributed by atoms with van der Waals surface area (Å²) in [5.41, 5.74) is 5.16. The van der Waals surface area contributed by atoms with E-state index in [9.17, 15) is 4.79 Å². The van der Waals surface area contributed by atoms with Crippen LogP contribution in [-0.4, -0.2) is 31.1 Å². The van der Waals surface area contributed by atoms with Crippen molar-refractivity contribution in [2.75, 3.05) is 5.32 Å². The first-order valence-corrected chi connectivity index (χ1v) is 12.5. The molecule has 1 amide bonds. The Labute approximate surface area is 190 Å². The second-order valence-corrected chi connectivity index (χ2v) is 11.2. The third-order valence-corrected chi connectivity index (χ3v) is 8.11. The van der Waals surface area contributed by atoms with E-state index in [-0.39, 0.29) is 11.2 Å². The summed E-state index contributed by atoms with van der Waals surface area (Å²) in [4.78, 5) is 12.6. The van der Waals surface area contributed by atoms with Gasteiger partial charge in [-0.3, -0.25) is 9.48 Å². The molecule has 0 fully saturated rings. The third kappa shape index (κ3) is 5.65. The summed E-state index contributed by atoms with van der Waals surface area (Å²) in [6.45, 7) is 10.1. The van der Waals surface area contributed by atoms with Crippen molar-refractivity contribution in [2.45, 2.75) is 60.2 Å². The molecule has 1 unspecified atom stereocenters. The van der Waals surface area contributed by atoms with E-state index in [1.54, 1.807) is 16.4 Å². The molecule has 0 aliphatic carbocycles. The molecule has 0 bridgehead atoms. The van der Waals surface area contributed by atoms with Gasteiger partial charge in [-0.25, -0.2) is 0 Å². The number of hydrogen-bond donors (Lipinski definition) is 1. The number of carbonyl (C=O) groups excluding carboxylic acids is 1. The molecule has 1 aromatic carbocycles. The van der Waals surface area contributed by atoms with Gasteiger partial charge in [0.25, 0.3) is 0 Å². The van der Waals surface area contributed by atoms with E-state index in [4.69, 9.17) is 0 Å². The molecule has 2 heterocycles. The first kappa shape index (κ1) is 22.8. The Bertz CT molecular complexity index is 1010. The van der Waals surface area contributed by atoms with Gasteiger partial charge in [-0.1, -0.05) is 73.0 Å². The Balaban J connectivity index is 1.53. The molecule has 30 heavy (non-hydrogen) atoms. The number of benzene rings is 1. The van der Waals surface area contributed by atoms with E-state index in [1.165, 1.54) is 34.2 Å². The Morgan fingerprint density at radius 3 is 2.40 bits per heavy atom. The minimum Gasteiger partial charge on any atom is -0.322 e. The molecule has 0 aliphatic rings. The summed E-state index contributed by atoms with van der Waals surface area (Å²) in [6.07, 6.45) is 0. The highest BCUT2D eigenvalue weighted by Crippen LogP contribution is 2.33. The van der Waals surface area contributed by atoms with Crippen LogP contribution in [0.3, 0.4) is 0 Å². The zero-order valence-electron chi connectivity index (χ0n) is 18.1. The standard InChI is InChI=1S/C21H27N5OS3/c1-12(2)17-9-7-16(8-10-17)11-28-20-23-24-21(30-20)29-15(5)19(27)22-18-13(3)25-26(6)14(18)4/h7-10,12,15H,11H2,1-6H3,(H,22,27). The lowest BCUT2D eigenvalue weighted by Gasteiger charge is -2.10. The molecule has 0 saturated heterocycles. The van der Waals surface area contributed by atoms with E-state index < -0.39 is 0 Å². The maximum Gasteiger partial charge on any atom is 0.237 e. The highest BCUT2D eigenvalue weighted by atomic mass is 32.2. The minimum atomic E-state index is -0.279. The molecule has 1 atom stereocenters. The second-order valence-electron chi connectivity index (χ2n) is 7.44. The van der Waals surface area contributed by atoms with Crippen molar-refractivity contribution in [1.29, 1.82) is 0 Å². The molecule has 9 heteroatoms. The van der Waals surface area contributed by atoms with Gasteiger partial charge in [-0.2, -0.15) is 5.10 Å². The van der Waals surface area contributed by atoms with Crippen LogP contribution in [0.1, 0.15) is 49.2 Å². The molecular formula is C21H27N5OS3. The number of carbonyl (C=O) groups is 1. The van der Waals surface area contributed by atoms with Crippen molar-refractivity contribution in [1.82, 2.24) is 20.0 Å². The summed E-state index contributed by atoms with van der Waals surface area (Å²) in [5, 5.41) is 15.6. The van der Waals surface area contributed by atoms with Gasteiger partial charge < -0.3 is 5.32 Å². The van der Waals surface area contributed by atoms with Gasteiger partial charge >= 0.3 is 0 Å². The van der Waals surface area contributed by atoms with Gasteiger partial charge in [0.05, 0.1) is 22.3 Å². The topological polar surface area (TPSA) is 72.7 Å². The number of anilines is 1.